The summed E-state index contributed by atoms with van der Waals surface area (Å²) in [6.45, 7) is 9.43. The van der Waals surface area contributed by atoms with E-state index in [1.165, 1.54) is 6.07 Å². The second-order valence-electron chi connectivity index (χ2n) is 9.66. The molecule has 1 fully saturated rings. The molecule has 182 valence electrons. The average Bonchev–Trinajstić information content (AvgIpc) is 3.18. The number of carbonyl (C=O) groups excluding carboxylic acids is 1. The Morgan fingerprint density at radius 1 is 1.29 bits per heavy atom. The Morgan fingerprint density at radius 2 is 2.06 bits per heavy atom. The maximum Gasteiger partial charge on any atom is 0.237 e. The van der Waals surface area contributed by atoms with Crippen LogP contribution in [0.3, 0.4) is 0 Å². The highest BCUT2D eigenvalue weighted by Gasteiger charge is 2.23. The van der Waals surface area contributed by atoms with Gasteiger partial charge in [0.1, 0.15) is 11.4 Å². The SMILES string of the molecule is Cc1c[nH]c2nccc(Oc3ccc(C[C@H](N)C(=O)NC4CCN(CC(C)C)CC4)cc3F)c12. The van der Waals surface area contributed by atoms with E-state index < -0.39 is 11.9 Å². The largest absolute Gasteiger partial charge is 0.453 e. The number of halogens is 1. The van der Waals surface area contributed by atoms with Crippen molar-refractivity contribution in [3.8, 4) is 11.5 Å². The van der Waals surface area contributed by atoms with Gasteiger partial charge in [0, 0.05) is 38.1 Å². The molecule has 4 N–H and O–H groups in total. The van der Waals surface area contributed by atoms with Crippen LogP contribution in [0, 0.1) is 18.7 Å². The zero-order chi connectivity index (χ0) is 24.2. The molecule has 0 radical (unpaired) electrons. The van der Waals surface area contributed by atoms with Crippen molar-refractivity contribution >= 4 is 16.9 Å². The first-order chi connectivity index (χ1) is 16.3. The third kappa shape index (κ3) is 5.74. The molecule has 1 atom stereocenters. The molecule has 0 spiro atoms. The normalized spacial score (nSPS) is 16.2. The highest BCUT2D eigenvalue weighted by atomic mass is 19.1. The number of nitrogens with zero attached hydrogens (tertiary/aromatic N) is 2. The number of piperidine rings is 1. The summed E-state index contributed by atoms with van der Waals surface area (Å²) in [7, 11) is 0. The number of H-pyrrole nitrogens is 1. The monoisotopic (exact) mass is 467 g/mol. The van der Waals surface area contributed by atoms with Gasteiger partial charge in [-0.3, -0.25) is 4.79 Å². The number of aromatic amines is 1. The first-order valence-corrected chi connectivity index (χ1v) is 12.0. The van der Waals surface area contributed by atoms with Crippen LogP contribution in [0.2, 0.25) is 0 Å². The summed E-state index contributed by atoms with van der Waals surface area (Å²) in [5.41, 5.74) is 8.46. The fourth-order valence-electron chi connectivity index (χ4n) is 4.57. The van der Waals surface area contributed by atoms with Gasteiger partial charge in [-0.05, 0) is 61.4 Å². The van der Waals surface area contributed by atoms with Crippen LogP contribution in [0.5, 0.6) is 11.5 Å². The lowest BCUT2D eigenvalue weighted by Crippen LogP contribution is -2.50. The number of likely N-dealkylation sites (tertiary alicyclic amines) is 1. The minimum atomic E-state index is -0.734. The number of fused-ring (bicyclic) bond motifs is 1. The second-order valence-corrected chi connectivity index (χ2v) is 9.66. The van der Waals surface area contributed by atoms with Gasteiger partial charge in [-0.1, -0.05) is 19.9 Å². The number of rotatable bonds is 8. The number of nitrogens with two attached hydrogens (primary N) is 1. The maximum atomic E-state index is 14.8. The number of benzene rings is 1. The van der Waals surface area contributed by atoms with Crippen molar-refractivity contribution in [2.24, 2.45) is 11.7 Å². The fourth-order valence-corrected chi connectivity index (χ4v) is 4.57. The van der Waals surface area contributed by atoms with Crippen molar-refractivity contribution in [2.45, 2.75) is 52.1 Å². The van der Waals surface area contributed by atoms with Gasteiger partial charge in [-0.15, -0.1) is 0 Å². The van der Waals surface area contributed by atoms with E-state index in [9.17, 15) is 9.18 Å². The number of aromatic nitrogens is 2. The van der Waals surface area contributed by atoms with Crippen molar-refractivity contribution in [3.05, 3.63) is 53.6 Å². The van der Waals surface area contributed by atoms with E-state index in [0.717, 1.165) is 43.4 Å². The quantitative estimate of drug-likeness (QED) is 0.467. The predicted octanol–water partition coefficient (Wildman–Crippen LogP) is 3.91. The Hall–Kier alpha value is -2.97. The van der Waals surface area contributed by atoms with Gasteiger partial charge in [0.2, 0.25) is 5.91 Å². The highest BCUT2D eigenvalue weighted by Crippen LogP contribution is 2.32. The molecule has 8 heteroatoms. The van der Waals surface area contributed by atoms with Gasteiger partial charge in [0.25, 0.3) is 0 Å². The zero-order valence-electron chi connectivity index (χ0n) is 20.1. The molecule has 0 bridgehead atoms. The molecule has 3 aromatic rings. The van der Waals surface area contributed by atoms with E-state index >= 15 is 0 Å². The fraction of sp³-hybridized carbons (Fsp3) is 0.462. The number of carbonyl (C=O) groups is 1. The molecule has 4 rings (SSSR count). The van der Waals surface area contributed by atoms with Gasteiger partial charge >= 0.3 is 0 Å². The first-order valence-electron chi connectivity index (χ1n) is 12.0. The third-order valence-corrected chi connectivity index (χ3v) is 6.30. The zero-order valence-corrected chi connectivity index (χ0v) is 20.1. The third-order valence-electron chi connectivity index (χ3n) is 6.30. The smallest absolute Gasteiger partial charge is 0.237 e. The lowest BCUT2D eigenvalue weighted by atomic mass is 10.0. The number of ether oxygens (including phenoxy) is 1. The van der Waals surface area contributed by atoms with Crippen LogP contribution in [0.1, 0.15) is 37.8 Å². The molecule has 1 aromatic carbocycles. The van der Waals surface area contributed by atoms with Gasteiger partial charge in [-0.2, -0.15) is 0 Å². The molecule has 1 saturated heterocycles. The van der Waals surface area contributed by atoms with E-state index in [1.54, 1.807) is 24.4 Å². The van der Waals surface area contributed by atoms with Gasteiger partial charge in [0.05, 0.1) is 11.4 Å². The number of hydrogen-bond acceptors (Lipinski definition) is 5. The van der Waals surface area contributed by atoms with E-state index in [2.05, 4.69) is 34.0 Å². The summed E-state index contributed by atoms with van der Waals surface area (Å²) in [4.78, 5) is 22.4. The van der Waals surface area contributed by atoms with Crippen LogP contribution in [0.15, 0.2) is 36.7 Å². The van der Waals surface area contributed by atoms with Crippen molar-refractivity contribution in [3.63, 3.8) is 0 Å². The molecule has 1 aliphatic heterocycles. The standard InChI is InChI=1S/C26H34FN5O2/c1-16(2)15-32-10-7-19(8-11-32)31-26(33)21(28)13-18-4-5-22(20(27)12-18)34-23-6-9-29-25-24(23)17(3)14-30-25/h4-6,9,12,14,16,19,21H,7-8,10-11,13,15,28H2,1-3H3,(H,29,30)(H,31,33)/t21-/m0/s1. The number of hydrogen-bond donors (Lipinski definition) is 3. The minimum absolute atomic E-state index is 0.114. The van der Waals surface area contributed by atoms with E-state index in [1.807, 2.05) is 13.1 Å². The van der Waals surface area contributed by atoms with Crippen LogP contribution in [-0.2, 0) is 11.2 Å². The number of aryl methyl sites for hydroxylation is 1. The second kappa shape index (κ2) is 10.5. The number of nitrogens with one attached hydrogen (secondary N) is 2. The number of amides is 1. The molecular formula is C26H34FN5O2. The molecule has 0 aliphatic carbocycles. The highest BCUT2D eigenvalue weighted by molar-refractivity contribution is 5.86. The Morgan fingerprint density at radius 3 is 2.76 bits per heavy atom. The van der Waals surface area contributed by atoms with Gasteiger partial charge in [0.15, 0.2) is 11.6 Å². The van der Waals surface area contributed by atoms with Crippen molar-refractivity contribution in [2.75, 3.05) is 19.6 Å². The summed E-state index contributed by atoms with van der Waals surface area (Å²) in [6, 6.07) is 5.83. The molecular weight excluding hydrogens is 433 g/mol. The Labute approximate surface area is 199 Å². The lowest BCUT2D eigenvalue weighted by Gasteiger charge is -2.33. The van der Waals surface area contributed by atoms with Crippen LogP contribution in [0.4, 0.5) is 4.39 Å². The molecule has 1 aliphatic rings. The molecule has 1 amide bonds. The number of pyridine rings is 1. The summed E-state index contributed by atoms with van der Waals surface area (Å²) in [5, 5.41) is 3.89. The average molecular weight is 468 g/mol. The molecule has 7 nitrogen and oxygen atoms in total. The summed E-state index contributed by atoms with van der Waals surface area (Å²) in [6.07, 6.45) is 5.56. The van der Waals surface area contributed by atoms with E-state index in [-0.39, 0.29) is 24.1 Å². The van der Waals surface area contributed by atoms with E-state index in [4.69, 9.17) is 10.5 Å². The topological polar surface area (TPSA) is 96.3 Å². The van der Waals surface area contributed by atoms with Crippen LogP contribution in [-0.4, -0.2) is 52.5 Å². The molecule has 2 aromatic heterocycles. The van der Waals surface area contributed by atoms with Crippen LogP contribution >= 0.6 is 0 Å². The Kier molecular flexibility index (Phi) is 7.48. The van der Waals surface area contributed by atoms with E-state index in [0.29, 0.717) is 22.9 Å². The first kappa shape index (κ1) is 24.2. The summed E-state index contributed by atoms with van der Waals surface area (Å²) >= 11 is 0. The Bertz CT molecular complexity index is 1140. The van der Waals surface area contributed by atoms with Crippen LogP contribution < -0.4 is 15.8 Å². The maximum absolute atomic E-state index is 14.8. The van der Waals surface area contributed by atoms with Crippen molar-refractivity contribution in [1.82, 2.24) is 20.2 Å². The molecule has 0 saturated carbocycles. The Balaban J connectivity index is 1.33. The molecule has 34 heavy (non-hydrogen) atoms. The minimum Gasteiger partial charge on any atom is -0.453 e. The molecule has 0 unspecified atom stereocenters. The van der Waals surface area contributed by atoms with Crippen LogP contribution in [0.25, 0.3) is 11.0 Å². The molecule has 3 heterocycles. The van der Waals surface area contributed by atoms with Crippen molar-refractivity contribution in [1.29, 1.82) is 0 Å². The van der Waals surface area contributed by atoms with Gasteiger partial charge < -0.3 is 25.7 Å². The lowest BCUT2D eigenvalue weighted by molar-refractivity contribution is -0.123. The summed E-state index contributed by atoms with van der Waals surface area (Å²) < 4.78 is 20.7. The summed E-state index contributed by atoms with van der Waals surface area (Å²) in [5.74, 6) is 0.597. The van der Waals surface area contributed by atoms with Crippen molar-refractivity contribution < 1.29 is 13.9 Å². The predicted molar refractivity (Wildman–Crippen MR) is 131 cm³/mol. The van der Waals surface area contributed by atoms with Gasteiger partial charge in [-0.25, -0.2) is 9.37 Å².